The van der Waals surface area contributed by atoms with Crippen molar-refractivity contribution in [3.05, 3.63) is 135 Å². The third kappa shape index (κ3) is 3.87. The highest BCUT2D eigenvalue weighted by Crippen LogP contribution is 2.44. The van der Waals surface area contributed by atoms with Gasteiger partial charge < -0.3 is 10.1 Å². The molecule has 4 aromatic carbocycles. The maximum atomic E-state index is 13.7. The molecule has 168 valence electrons. The summed E-state index contributed by atoms with van der Waals surface area (Å²) >= 11 is 6.72. The van der Waals surface area contributed by atoms with Gasteiger partial charge in [0.05, 0.1) is 12.0 Å². The van der Waals surface area contributed by atoms with Crippen LogP contribution in [0.5, 0.6) is 0 Å². The van der Waals surface area contributed by atoms with Crippen LogP contribution < -0.4 is 5.32 Å². The van der Waals surface area contributed by atoms with Crippen LogP contribution in [0.1, 0.15) is 38.2 Å². The summed E-state index contributed by atoms with van der Waals surface area (Å²) in [5.41, 5.74) is 3.86. The quantitative estimate of drug-likeness (QED) is 0.277. The van der Waals surface area contributed by atoms with Crippen molar-refractivity contribution in [1.29, 1.82) is 0 Å². The van der Waals surface area contributed by atoms with E-state index in [4.69, 9.17) is 16.3 Å². The van der Waals surface area contributed by atoms with Crippen LogP contribution in [-0.2, 0) is 21.6 Å². The fraction of sp³-hybridized carbons (Fsp3) is 0.103. The summed E-state index contributed by atoms with van der Waals surface area (Å²) in [5, 5.41) is 3.29. The predicted octanol–water partition coefficient (Wildman–Crippen LogP) is 6.29. The smallest absolute Gasteiger partial charge is 0.339 e. The maximum absolute atomic E-state index is 13.7. The van der Waals surface area contributed by atoms with Gasteiger partial charge in [-0.2, -0.15) is 0 Å². The fourth-order valence-electron chi connectivity index (χ4n) is 4.40. The van der Waals surface area contributed by atoms with Crippen molar-refractivity contribution in [1.82, 2.24) is 0 Å². The van der Waals surface area contributed by atoms with Crippen LogP contribution in [0.2, 0.25) is 5.02 Å². The molecule has 34 heavy (non-hydrogen) atoms. The minimum absolute atomic E-state index is 0.0881. The van der Waals surface area contributed by atoms with Crippen molar-refractivity contribution in [2.45, 2.75) is 18.9 Å². The number of rotatable bonds is 5. The van der Waals surface area contributed by atoms with E-state index in [2.05, 4.69) is 5.32 Å². The van der Waals surface area contributed by atoms with Gasteiger partial charge >= 0.3 is 5.97 Å². The number of amides is 1. The summed E-state index contributed by atoms with van der Waals surface area (Å²) in [4.78, 5) is 25.4. The summed E-state index contributed by atoms with van der Waals surface area (Å²) in [6.45, 7) is 2.01. The molecular weight excluding hydrogens is 446 g/mol. The van der Waals surface area contributed by atoms with Gasteiger partial charge in [-0.3, -0.25) is 4.79 Å². The summed E-state index contributed by atoms with van der Waals surface area (Å²) in [5.74, 6) is -0.608. The minimum Gasteiger partial charge on any atom is -0.441 e. The first kappa shape index (κ1) is 21.9. The first-order valence-electron chi connectivity index (χ1n) is 11.0. The molecule has 1 unspecified atom stereocenters. The topological polar surface area (TPSA) is 55.4 Å². The molecule has 1 atom stereocenters. The van der Waals surface area contributed by atoms with E-state index in [1.807, 2.05) is 79.7 Å². The van der Waals surface area contributed by atoms with Gasteiger partial charge in [-0.1, -0.05) is 96.0 Å². The standard InChI is InChI=1S/C29H22ClNO3/c1-19-11-15-23(16-12-19)29(22-7-3-2-4-8-22,24-9-5-6-10-25(24)30)34-28(33)21-14-13-20-18-27(32)31-26(20)17-21/h2-17H,18H2,1H3,(H,31,32). The monoisotopic (exact) mass is 467 g/mol. The second-order valence-electron chi connectivity index (χ2n) is 8.38. The molecule has 1 N–H and O–H groups in total. The SMILES string of the molecule is Cc1ccc(C(OC(=O)c2ccc3c(c2)NC(=O)C3)(c2ccccc2)c2ccccc2Cl)cc1. The van der Waals surface area contributed by atoms with Crippen LogP contribution in [-0.4, -0.2) is 11.9 Å². The summed E-state index contributed by atoms with van der Waals surface area (Å²) in [6.07, 6.45) is 0.307. The number of hydrogen-bond acceptors (Lipinski definition) is 3. The maximum Gasteiger partial charge on any atom is 0.339 e. The normalized spacial score (nSPS) is 14.1. The Morgan fingerprint density at radius 2 is 1.56 bits per heavy atom. The first-order valence-corrected chi connectivity index (χ1v) is 11.4. The van der Waals surface area contributed by atoms with E-state index in [-0.39, 0.29) is 5.91 Å². The number of benzene rings is 4. The molecule has 0 aromatic heterocycles. The first-order chi connectivity index (χ1) is 16.5. The molecule has 5 rings (SSSR count). The number of nitrogens with one attached hydrogen (secondary N) is 1. The number of ether oxygens (including phenoxy) is 1. The summed E-state index contributed by atoms with van der Waals surface area (Å²) < 4.78 is 6.45. The number of aryl methyl sites for hydroxylation is 1. The number of hydrogen-bond donors (Lipinski definition) is 1. The van der Waals surface area contributed by atoms with E-state index >= 15 is 0 Å². The lowest BCUT2D eigenvalue weighted by Gasteiger charge is -2.36. The van der Waals surface area contributed by atoms with Crippen molar-refractivity contribution >= 4 is 29.2 Å². The predicted molar refractivity (Wildman–Crippen MR) is 133 cm³/mol. The Bertz CT molecular complexity index is 1380. The molecule has 0 bridgehead atoms. The van der Waals surface area contributed by atoms with Crippen molar-refractivity contribution in [2.24, 2.45) is 0 Å². The van der Waals surface area contributed by atoms with E-state index in [1.54, 1.807) is 24.3 Å². The Morgan fingerprint density at radius 3 is 2.29 bits per heavy atom. The highest BCUT2D eigenvalue weighted by molar-refractivity contribution is 6.31. The number of halogens is 1. The highest BCUT2D eigenvalue weighted by atomic mass is 35.5. The lowest BCUT2D eigenvalue weighted by Crippen LogP contribution is -2.35. The van der Waals surface area contributed by atoms with Crippen LogP contribution >= 0.6 is 11.6 Å². The van der Waals surface area contributed by atoms with Gasteiger partial charge in [0.15, 0.2) is 5.60 Å². The van der Waals surface area contributed by atoms with Crippen LogP contribution in [0, 0.1) is 6.92 Å². The number of anilines is 1. The van der Waals surface area contributed by atoms with Crippen molar-refractivity contribution in [3.8, 4) is 0 Å². The third-order valence-corrected chi connectivity index (χ3v) is 6.44. The number of carbonyl (C=O) groups excluding carboxylic acids is 2. The van der Waals surface area contributed by atoms with E-state index in [0.29, 0.717) is 28.3 Å². The molecule has 0 spiro atoms. The van der Waals surface area contributed by atoms with Gasteiger partial charge in [-0.15, -0.1) is 0 Å². The Kier molecular flexibility index (Phi) is 5.68. The molecular formula is C29H22ClNO3. The van der Waals surface area contributed by atoms with Gasteiger partial charge in [0, 0.05) is 27.4 Å². The Labute approximate surface area is 203 Å². The van der Waals surface area contributed by atoms with E-state index in [9.17, 15) is 9.59 Å². The van der Waals surface area contributed by atoms with E-state index in [1.165, 1.54) is 0 Å². The number of esters is 1. The van der Waals surface area contributed by atoms with Crippen molar-refractivity contribution < 1.29 is 14.3 Å². The molecule has 4 nitrogen and oxygen atoms in total. The zero-order valence-corrected chi connectivity index (χ0v) is 19.3. The number of carbonyl (C=O) groups is 2. The molecule has 1 aliphatic rings. The Balaban J connectivity index is 1.70. The molecule has 1 aliphatic heterocycles. The molecule has 0 saturated carbocycles. The van der Waals surface area contributed by atoms with Crippen LogP contribution in [0.3, 0.4) is 0 Å². The lowest BCUT2D eigenvalue weighted by atomic mass is 9.79. The molecule has 1 heterocycles. The second-order valence-corrected chi connectivity index (χ2v) is 8.79. The zero-order valence-electron chi connectivity index (χ0n) is 18.5. The van der Waals surface area contributed by atoms with Gasteiger partial charge in [0.25, 0.3) is 0 Å². The molecule has 0 radical (unpaired) electrons. The molecule has 4 aromatic rings. The van der Waals surface area contributed by atoms with Crippen molar-refractivity contribution in [3.63, 3.8) is 0 Å². The average Bonchev–Trinajstić information content (AvgIpc) is 3.23. The van der Waals surface area contributed by atoms with Crippen LogP contribution in [0.4, 0.5) is 5.69 Å². The molecule has 5 heteroatoms. The summed E-state index contributed by atoms with van der Waals surface area (Å²) in [7, 11) is 0. The third-order valence-electron chi connectivity index (χ3n) is 6.11. The lowest BCUT2D eigenvalue weighted by molar-refractivity contribution is -0.115. The number of fused-ring (bicyclic) bond motifs is 1. The van der Waals surface area contributed by atoms with Gasteiger partial charge in [0.2, 0.25) is 5.91 Å². The Morgan fingerprint density at radius 1 is 0.882 bits per heavy atom. The molecule has 0 saturated heterocycles. The molecule has 0 aliphatic carbocycles. The van der Waals surface area contributed by atoms with E-state index < -0.39 is 11.6 Å². The largest absolute Gasteiger partial charge is 0.441 e. The Hall–Kier alpha value is -3.89. The van der Waals surface area contributed by atoms with Crippen LogP contribution in [0.25, 0.3) is 0 Å². The zero-order chi connectivity index (χ0) is 23.7. The summed E-state index contributed by atoms with van der Waals surface area (Å²) in [6, 6.07) is 30.0. The minimum atomic E-state index is -1.29. The van der Waals surface area contributed by atoms with Gasteiger partial charge in [-0.25, -0.2) is 4.79 Å². The van der Waals surface area contributed by atoms with Crippen LogP contribution in [0.15, 0.2) is 97.1 Å². The second kappa shape index (κ2) is 8.81. The van der Waals surface area contributed by atoms with E-state index in [0.717, 1.165) is 22.3 Å². The van der Waals surface area contributed by atoms with Gasteiger partial charge in [0.1, 0.15) is 0 Å². The average molecular weight is 468 g/mol. The fourth-order valence-corrected chi connectivity index (χ4v) is 4.67. The van der Waals surface area contributed by atoms with Crippen molar-refractivity contribution in [2.75, 3.05) is 5.32 Å². The van der Waals surface area contributed by atoms with Gasteiger partial charge in [-0.05, 0) is 30.7 Å². The molecule has 0 fully saturated rings. The molecule has 1 amide bonds. The highest BCUT2D eigenvalue weighted by Gasteiger charge is 2.42.